The van der Waals surface area contributed by atoms with Gasteiger partial charge in [-0.3, -0.25) is 0 Å². The number of rotatable bonds is 6. The maximum absolute atomic E-state index is 12.7. The Morgan fingerprint density at radius 3 is 2.19 bits per heavy atom. The van der Waals surface area contributed by atoms with Gasteiger partial charge in [-0.15, -0.1) is 0 Å². The predicted molar refractivity (Wildman–Crippen MR) is 116 cm³/mol. The van der Waals surface area contributed by atoms with Crippen molar-refractivity contribution in [3.8, 4) is 0 Å². The van der Waals surface area contributed by atoms with Crippen LogP contribution in [0.5, 0.6) is 0 Å². The quantitative estimate of drug-likeness (QED) is 0.650. The molecule has 3 rings (SSSR count). The molecule has 1 aliphatic rings. The summed E-state index contributed by atoms with van der Waals surface area (Å²) in [5.41, 5.74) is 1.11. The van der Waals surface area contributed by atoms with E-state index in [1.165, 1.54) is 61.9 Å². The van der Waals surface area contributed by atoms with E-state index in [9.17, 15) is 18.0 Å². The average molecular weight is 456 g/mol. The Bertz CT molecular complexity index is 1220. The second-order valence-electron chi connectivity index (χ2n) is 6.50. The highest BCUT2D eigenvalue weighted by Gasteiger charge is 2.27. The van der Waals surface area contributed by atoms with Crippen LogP contribution in [0.1, 0.15) is 5.56 Å². The Morgan fingerprint density at radius 2 is 1.59 bits per heavy atom. The van der Waals surface area contributed by atoms with Crippen LogP contribution in [0.15, 0.2) is 77.3 Å². The van der Waals surface area contributed by atoms with Crippen LogP contribution in [0.25, 0.3) is 0 Å². The molecule has 1 aliphatic heterocycles. The normalized spacial score (nSPS) is 13.5. The van der Waals surface area contributed by atoms with Crippen LogP contribution in [0.2, 0.25) is 0 Å². The van der Waals surface area contributed by atoms with Gasteiger partial charge in [0.15, 0.2) is 0 Å². The van der Waals surface area contributed by atoms with E-state index in [0.717, 1.165) is 5.56 Å². The summed E-state index contributed by atoms with van der Waals surface area (Å²) in [6.45, 7) is 1.78. The van der Waals surface area contributed by atoms with Gasteiger partial charge in [-0.2, -0.15) is 0 Å². The van der Waals surface area contributed by atoms with Crippen molar-refractivity contribution in [1.29, 1.82) is 0 Å². The molecular formula is C21H20N4O6S. The van der Waals surface area contributed by atoms with E-state index in [1.807, 2.05) is 0 Å². The van der Waals surface area contributed by atoms with Gasteiger partial charge >= 0.3 is 11.9 Å². The SMILES string of the molecule is COC(=O)C1=C(C(=O)OC)N(c2ccc(S(=O)(=O)Nc3ncc(C)cn3)cc2)C=CC=C1. The molecule has 0 saturated heterocycles. The molecule has 1 aromatic heterocycles. The number of nitrogens with zero attached hydrogens (tertiary/aromatic N) is 3. The number of aromatic nitrogens is 2. The molecule has 0 saturated carbocycles. The van der Waals surface area contributed by atoms with Crippen LogP contribution < -0.4 is 9.62 Å². The molecule has 10 nitrogen and oxygen atoms in total. The van der Waals surface area contributed by atoms with Crippen molar-refractivity contribution in [2.24, 2.45) is 0 Å². The molecule has 1 N–H and O–H groups in total. The van der Waals surface area contributed by atoms with Gasteiger partial charge in [0.25, 0.3) is 10.0 Å². The number of hydrogen-bond donors (Lipinski definition) is 1. The number of hydrogen-bond acceptors (Lipinski definition) is 9. The van der Waals surface area contributed by atoms with E-state index < -0.39 is 22.0 Å². The topological polar surface area (TPSA) is 128 Å². The number of esters is 2. The van der Waals surface area contributed by atoms with Crippen LogP contribution in [-0.4, -0.2) is 44.5 Å². The van der Waals surface area contributed by atoms with Crippen LogP contribution in [0.3, 0.4) is 0 Å². The molecule has 0 bridgehead atoms. The second-order valence-corrected chi connectivity index (χ2v) is 8.18. The highest BCUT2D eigenvalue weighted by molar-refractivity contribution is 7.92. The highest BCUT2D eigenvalue weighted by Crippen LogP contribution is 2.27. The number of ether oxygens (including phenoxy) is 2. The smallest absolute Gasteiger partial charge is 0.355 e. The zero-order chi connectivity index (χ0) is 23.3. The fourth-order valence-electron chi connectivity index (χ4n) is 2.78. The lowest BCUT2D eigenvalue weighted by Crippen LogP contribution is -2.27. The van der Waals surface area contributed by atoms with E-state index in [0.29, 0.717) is 5.69 Å². The fraction of sp³-hybridized carbons (Fsp3) is 0.143. The zero-order valence-electron chi connectivity index (χ0n) is 17.5. The Morgan fingerprint density at radius 1 is 0.969 bits per heavy atom. The van der Waals surface area contributed by atoms with E-state index in [2.05, 4.69) is 14.7 Å². The van der Waals surface area contributed by atoms with Gasteiger partial charge in [-0.1, -0.05) is 6.08 Å². The Labute approximate surface area is 184 Å². The molecule has 11 heteroatoms. The number of aryl methyl sites for hydroxylation is 1. The summed E-state index contributed by atoms with van der Waals surface area (Å²) in [5.74, 6) is -1.55. The highest BCUT2D eigenvalue weighted by atomic mass is 32.2. The number of carbonyl (C=O) groups excluding carboxylic acids is 2. The van der Waals surface area contributed by atoms with Crippen LogP contribution in [0.4, 0.5) is 11.6 Å². The number of sulfonamides is 1. The van der Waals surface area contributed by atoms with E-state index >= 15 is 0 Å². The van der Waals surface area contributed by atoms with Crippen molar-refractivity contribution in [1.82, 2.24) is 9.97 Å². The first kappa shape index (κ1) is 22.7. The summed E-state index contributed by atoms with van der Waals surface area (Å²) in [5, 5.41) is 0. The van der Waals surface area contributed by atoms with Crippen molar-refractivity contribution in [3.63, 3.8) is 0 Å². The van der Waals surface area contributed by atoms with Crippen molar-refractivity contribution < 1.29 is 27.5 Å². The minimum absolute atomic E-state index is 0.0146. The molecule has 1 aromatic carbocycles. The van der Waals surface area contributed by atoms with Gasteiger partial charge in [0.2, 0.25) is 5.95 Å². The third-order valence-corrected chi connectivity index (χ3v) is 5.67. The third kappa shape index (κ3) is 4.83. The van der Waals surface area contributed by atoms with Crippen molar-refractivity contribution in [2.45, 2.75) is 11.8 Å². The van der Waals surface area contributed by atoms with Gasteiger partial charge in [0, 0.05) is 24.3 Å². The van der Waals surface area contributed by atoms with E-state index in [-0.39, 0.29) is 22.1 Å². The summed E-state index contributed by atoms with van der Waals surface area (Å²) >= 11 is 0. The Balaban J connectivity index is 1.96. The lowest BCUT2D eigenvalue weighted by Gasteiger charge is -2.23. The Kier molecular flexibility index (Phi) is 6.69. The number of methoxy groups -OCH3 is 2. The summed E-state index contributed by atoms with van der Waals surface area (Å²) in [6.07, 6.45) is 9.14. The van der Waals surface area contributed by atoms with Gasteiger partial charge in [-0.05, 0) is 48.9 Å². The molecular weight excluding hydrogens is 436 g/mol. The summed E-state index contributed by atoms with van der Waals surface area (Å²) in [6, 6.07) is 5.67. The van der Waals surface area contributed by atoms with Gasteiger partial charge in [0.1, 0.15) is 5.70 Å². The summed E-state index contributed by atoms with van der Waals surface area (Å²) < 4.78 is 37.2. The molecule has 32 heavy (non-hydrogen) atoms. The zero-order valence-corrected chi connectivity index (χ0v) is 18.3. The first-order chi connectivity index (χ1) is 15.3. The molecule has 2 aromatic rings. The van der Waals surface area contributed by atoms with Crippen LogP contribution in [-0.2, 0) is 29.1 Å². The monoisotopic (exact) mass is 456 g/mol. The predicted octanol–water partition coefficient (Wildman–Crippen LogP) is 2.08. The number of nitrogens with one attached hydrogen (secondary N) is 1. The van der Waals surface area contributed by atoms with E-state index in [4.69, 9.17) is 9.47 Å². The molecule has 2 heterocycles. The van der Waals surface area contributed by atoms with Crippen LogP contribution in [0, 0.1) is 6.92 Å². The maximum atomic E-state index is 12.7. The molecule has 166 valence electrons. The third-order valence-electron chi connectivity index (χ3n) is 4.32. The Hall–Kier alpha value is -3.99. The average Bonchev–Trinajstić information content (AvgIpc) is 3.02. The minimum Gasteiger partial charge on any atom is -0.465 e. The van der Waals surface area contributed by atoms with Crippen molar-refractivity contribution in [3.05, 3.63) is 77.9 Å². The largest absolute Gasteiger partial charge is 0.465 e. The van der Waals surface area contributed by atoms with E-state index in [1.54, 1.807) is 25.3 Å². The molecule has 0 spiro atoms. The van der Waals surface area contributed by atoms with Gasteiger partial charge in [-0.25, -0.2) is 32.7 Å². The van der Waals surface area contributed by atoms with Gasteiger partial charge in [0.05, 0.1) is 24.7 Å². The first-order valence-corrected chi connectivity index (χ1v) is 10.7. The standard InChI is InChI=1S/C21H20N4O6S/c1-14-12-22-21(23-13-14)24-32(28,29)16-9-7-15(8-10-16)25-11-5-4-6-17(19(26)30-2)18(25)20(27)31-3/h4-13H,1-3H3,(H,22,23,24). The lowest BCUT2D eigenvalue weighted by atomic mass is 10.1. The number of benzene rings is 1. The molecule has 0 radical (unpaired) electrons. The minimum atomic E-state index is -3.95. The second kappa shape index (κ2) is 9.43. The molecule has 0 aliphatic carbocycles. The first-order valence-electron chi connectivity index (χ1n) is 9.23. The molecule has 0 amide bonds. The number of allylic oxidation sites excluding steroid dienone is 2. The molecule has 0 atom stereocenters. The number of carbonyl (C=O) groups is 2. The number of anilines is 2. The fourth-order valence-corrected chi connectivity index (χ4v) is 3.73. The summed E-state index contributed by atoms with van der Waals surface area (Å²) in [7, 11) is -1.56. The molecule has 0 fully saturated rings. The van der Waals surface area contributed by atoms with Crippen molar-refractivity contribution >= 4 is 33.6 Å². The summed E-state index contributed by atoms with van der Waals surface area (Å²) in [4.78, 5) is 33.9. The molecule has 0 unspecified atom stereocenters. The lowest BCUT2D eigenvalue weighted by molar-refractivity contribution is -0.139. The van der Waals surface area contributed by atoms with Crippen LogP contribution >= 0.6 is 0 Å². The van der Waals surface area contributed by atoms with Gasteiger partial charge < -0.3 is 14.4 Å². The maximum Gasteiger partial charge on any atom is 0.355 e. The van der Waals surface area contributed by atoms with Crippen molar-refractivity contribution in [2.75, 3.05) is 23.8 Å².